The van der Waals surface area contributed by atoms with Crippen molar-refractivity contribution < 1.29 is 32.2 Å². The van der Waals surface area contributed by atoms with E-state index in [0.717, 1.165) is 20.5 Å². The molecule has 0 aliphatic carbocycles. The second-order valence-corrected chi connectivity index (χ2v) is 3.96. The Hall–Kier alpha value is -1.47. The second kappa shape index (κ2) is 7.85. The van der Waals surface area contributed by atoms with Crippen molar-refractivity contribution in [1.82, 2.24) is 5.32 Å². The highest BCUT2D eigenvalue weighted by Gasteiger charge is 2.45. The Morgan fingerprint density at radius 3 is 2.32 bits per heavy atom. The average Bonchev–Trinajstić information content (AvgIpc) is 2.33. The third-order valence-electron chi connectivity index (χ3n) is 2.47. The van der Waals surface area contributed by atoms with Gasteiger partial charge in [0.05, 0.1) is 19.6 Å². The molecule has 0 aromatic carbocycles. The molecule has 0 aliphatic heterocycles. The molecule has 5 nitrogen and oxygen atoms in total. The molecule has 0 aromatic heterocycles. The summed E-state index contributed by atoms with van der Waals surface area (Å²) in [5, 5.41) is 1.84. The van der Waals surface area contributed by atoms with E-state index in [1.165, 1.54) is 0 Å². The van der Waals surface area contributed by atoms with E-state index < -0.39 is 30.2 Å². The summed E-state index contributed by atoms with van der Waals surface area (Å²) in [6.45, 7) is 2.65. The maximum Gasteiger partial charge on any atom is 0.407 e. The van der Waals surface area contributed by atoms with Gasteiger partial charge in [-0.3, -0.25) is 0 Å². The Balaban J connectivity index is 4.75. The van der Waals surface area contributed by atoms with E-state index in [2.05, 4.69) is 4.74 Å². The zero-order chi connectivity index (χ0) is 15.1. The number of alkyl halides is 3. The number of alkyl carbamates (subject to hydrolysis) is 1. The number of amides is 1. The number of methoxy groups -OCH3 is 1. The van der Waals surface area contributed by atoms with E-state index in [4.69, 9.17) is 4.74 Å². The number of halogens is 3. The molecule has 0 fully saturated rings. The van der Waals surface area contributed by atoms with Crippen LogP contribution >= 0.6 is 0 Å². The quantitative estimate of drug-likeness (QED) is 0.600. The molecule has 1 N–H and O–H groups in total. The van der Waals surface area contributed by atoms with Crippen LogP contribution in [0.2, 0.25) is 0 Å². The monoisotopic (exact) mass is 285 g/mol. The fraction of sp³-hybridized carbons (Fsp3) is 0.818. The molecule has 0 saturated carbocycles. The van der Waals surface area contributed by atoms with Crippen molar-refractivity contribution in [3.05, 3.63) is 0 Å². The van der Waals surface area contributed by atoms with E-state index in [-0.39, 0.29) is 6.61 Å². The lowest BCUT2D eigenvalue weighted by atomic mass is 10.0. The largest absolute Gasteiger partial charge is 0.464 e. The highest BCUT2D eigenvalue weighted by molar-refractivity contribution is 5.81. The zero-order valence-electron chi connectivity index (χ0n) is 11.0. The molecule has 1 amide bonds. The number of hydrogen-bond donors (Lipinski definition) is 1. The summed E-state index contributed by atoms with van der Waals surface area (Å²) in [5.41, 5.74) is 0. The first-order valence-electron chi connectivity index (χ1n) is 5.81. The summed E-state index contributed by atoms with van der Waals surface area (Å²) in [5.74, 6) is -3.19. The third kappa shape index (κ3) is 6.30. The van der Waals surface area contributed by atoms with Gasteiger partial charge >= 0.3 is 18.2 Å². The molecule has 0 spiro atoms. The van der Waals surface area contributed by atoms with Crippen molar-refractivity contribution in [3.63, 3.8) is 0 Å². The Labute approximate surface area is 109 Å². The number of carbonyl (C=O) groups excluding carboxylic acids is 2. The van der Waals surface area contributed by atoms with Crippen LogP contribution in [0.5, 0.6) is 0 Å². The topological polar surface area (TPSA) is 64.6 Å². The maximum atomic E-state index is 12.6. The number of nitrogens with one attached hydrogen (secondary N) is 1. The fourth-order valence-electron chi connectivity index (χ4n) is 1.17. The molecule has 19 heavy (non-hydrogen) atoms. The number of esters is 1. The van der Waals surface area contributed by atoms with Crippen molar-refractivity contribution in [2.45, 2.75) is 38.9 Å². The predicted molar refractivity (Wildman–Crippen MR) is 60.4 cm³/mol. The van der Waals surface area contributed by atoms with Gasteiger partial charge in [-0.2, -0.15) is 13.2 Å². The molecule has 0 bridgehead atoms. The van der Waals surface area contributed by atoms with Crippen LogP contribution in [0.3, 0.4) is 0 Å². The molecule has 8 heteroatoms. The lowest BCUT2D eigenvalue weighted by Crippen LogP contribution is -2.50. The van der Waals surface area contributed by atoms with E-state index in [1.807, 2.05) is 12.2 Å². The summed E-state index contributed by atoms with van der Waals surface area (Å²) in [6.07, 6.45) is -4.47. The van der Waals surface area contributed by atoms with Gasteiger partial charge in [0.2, 0.25) is 0 Å². The molecule has 0 radical (unpaired) electrons. The van der Waals surface area contributed by atoms with Crippen LogP contribution < -0.4 is 5.32 Å². The fourth-order valence-corrected chi connectivity index (χ4v) is 1.17. The van der Waals surface area contributed by atoms with Crippen LogP contribution in [0, 0.1) is 5.92 Å². The first-order chi connectivity index (χ1) is 8.73. The number of carbonyl (C=O) groups is 2. The first kappa shape index (κ1) is 17.5. The molecule has 0 heterocycles. The highest BCUT2D eigenvalue weighted by atomic mass is 19.4. The highest BCUT2D eigenvalue weighted by Crippen LogP contribution is 2.29. The van der Waals surface area contributed by atoms with Crippen molar-refractivity contribution in [2.24, 2.45) is 5.92 Å². The molecular formula is C11H18F3NO4. The molecule has 0 rings (SSSR count). The zero-order valence-corrected chi connectivity index (χ0v) is 11.0. The summed E-state index contributed by atoms with van der Waals surface area (Å²) in [4.78, 5) is 22.5. The molecule has 0 saturated heterocycles. The van der Waals surface area contributed by atoms with Gasteiger partial charge in [0.1, 0.15) is 6.04 Å². The molecule has 0 aliphatic rings. The van der Waals surface area contributed by atoms with E-state index in [9.17, 15) is 22.8 Å². The van der Waals surface area contributed by atoms with Gasteiger partial charge in [-0.15, -0.1) is 0 Å². The van der Waals surface area contributed by atoms with Crippen LogP contribution in [0.25, 0.3) is 0 Å². The van der Waals surface area contributed by atoms with Crippen LogP contribution in [0.1, 0.15) is 26.7 Å². The van der Waals surface area contributed by atoms with E-state index in [1.54, 1.807) is 0 Å². The summed E-state index contributed by atoms with van der Waals surface area (Å²) in [6, 6.07) is -1.82. The van der Waals surface area contributed by atoms with Gasteiger partial charge in [-0.05, 0) is 6.42 Å². The minimum Gasteiger partial charge on any atom is -0.464 e. The third-order valence-corrected chi connectivity index (χ3v) is 2.47. The lowest BCUT2D eigenvalue weighted by Gasteiger charge is -2.24. The van der Waals surface area contributed by atoms with Gasteiger partial charge in [0.25, 0.3) is 0 Å². The molecule has 2 atom stereocenters. The minimum atomic E-state index is -4.63. The molecule has 0 aromatic rings. The smallest absolute Gasteiger partial charge is 0.407 e. The van der Waals surface area contributed by atoms with Crippen LogP contribution in [0.4, 0.5) is 18.0 Å². The van der Waals surface area contributed by atoms with Crippen LogP contribution in [0.15, 0.2) is 0 Å². The standard InChI is InChI=1S/C11H18F3NO4/c1-4-5-6-19-9(16)8(15-10(17)18-3)7(2)11(12,13)14/h7-8H,4-6H2,1-3H3,(H,15,17). The maximum absolute atomic E-state index is 12.6. The van der Waals surface area contributed by atoms with Crippen molar-refractivity contribution in [2.75, 3.05) is 13.7 Å². The summed E-state index contributed by atoms with van der Waals surface area (Å²) >= 11 is 0. The van der Waals surface area contributed by atoms with Gasteiger partial charge in [-0.25, -0.2) is 9.59 Å². The Morgan fingerprint density at radius 1 is 1.32 bits per heavy atom. The second-order valence-electron chi connectivity index (χ2n) is 3.96. The summed E-state index contributed by atoms with van der Waals surface area (Å²) < 4.78 is 46.7. The number of ether oxygens (including phenoxy) is 2. The number of rotatable bonds is 6. The number of unbranched alkanes of at least 4 members (excludes halogenated alkanes) is 1. The lowest BCUT2D eigenvalue weighted by molar-refractivity contribution is -0.186. The van der Waals surface area contributed by atoms with Crippen molar-refractivity contribution in [3.8, 4) is 0 Å². The van der Waals surface area contributed by atoms with Gasteiger partial charge in [0, 0.05) is 0 Å². The van der Waals surface area contributed by atoms with Crippen LogP contribution in [-0.2, 0) is 14.3 Å². The minimum absolute atomic E-state index is 0.0132. The predicted octanol–water partition coefficient (Wildman–Crippen LogP) is 2.25. The summed E-state index contributed by atoms with van der Waals surface area (Å²) in [7, 11) is 0.993. The molecule has 112 valence electrons. The molecular weight excluding hydrogens is 267 g/mol. The SMILES string of the molecule is CCCCOC(=O)C(NC(=O)OC)C(C)C(F)(F)F. The van der Waals surface area contributed by atoms with Crippen molar-refractivity contribution >= 4 is 12.1 Å². The Morgan fingerprint density at radius 2 is 1.89 bits per heavy atom. The van der Waals surface area contributed by atoms with E-state index in [0.29, 0.717) is 6.42 Å². The Bertz CT molecular complexity index is 307. The van der Waals surface area contributed by atoms with Gasteiger partial charge < -0.3 is 14.8 Å². The van der Waals surface area contributed by atoms with Gasteiger partial charge in [0.15, 0.2) is 0 Å². The normalized spacial score (nSPS) is 14.4. The Kier molecular flexibility index (Phi) is 7.25. The first-order valence-corrected chi connectivity index (χ1v) is 5.81. The van der Waals surface area contributed by atoms with Crippen LogP contribution in [-0.4, -0.2) is 38.0 Å². The van der Waals surface area contributed by atoms with E-state index >= 15 is 0 Å². The molecule has 2 unspecified atom stereocenters. The average molecular weight is 285 g/mol. The number of hydrogen-bond acceptors (Lipinski definition) is 4. The van der Waals surface area contributed by atoms with Gasteiger partial charge in [-0.1, -0.05) is 20.3 Å². The van der Waals surface area contributed by atoms with Crippen molar-refractivity contribution in [1.29, 1.82) is 0 Å².